The van der Waals surface area contributed by atoms with Crippen LogP contribution in [0, 0.1) is 5.82 Å². The van der Waals surface area contributed by atoms with Crippen LogP contribution in [-0.4, -0.2) is 5.91 Å². The molecule has 2 aromatic rings. The fourth-order valence-electron chi connectivity index (χ4n) is 2.59. The molecule has 21 heavy (non-hydrogen) atoms. The van der Waals surface area contributed by atoms with E-state index in [2.05, 4.69) is 5.32 Å². The number of nitrogens with one attached hydrogen (secondary N) is 1. The zero-order valence-corrected chi connectivity index (χ0v) is 11.6. The summed E-state index contributed by atoms with van der Waals surface area (Å²) in [4.78, 5) is 12.5. The lowest BCUT2D eigenvalue weighted by Gasteiger charge is -2.16. The highest BCUT2D eigenvalue weighted by molar-refractivity contribution is 6.01. The Balaban J connectivity index is 1.81. The lowest BCUT2D eigenvalue weighted by molar-refractivity contribution is -0.118. The summed E-state index contributed by atoms with van der Waals surface area (Å²) in [5.41, 5.74) is 7.07. The summed E-state index contributed by atoms with van der Waals surface area (Å²) in [7, 11) is 0. The minimum atomic E-state index is -0.432. The van der Waals surface area contributed by atoms with E-state index in [9.17, 15) is 9.18 Å². The molecule has 0 unspecified atom stereocenters. The van der Waals surface area contributed by atoms with Crippen molar-refractivity contribution < 1.29 is 9.18 Å². The molecule has 0 spiro atoms. The third-order valence-electron chi connectivity index (χ3n) is 4.03. The van der Waals surface area contributed by atoms with E-state index < -0.39 is 5.41 Å². The zero-order chi connectivity index (χ0) is 14.9. The lowest BCUT2D eigenvalue weighted by atomic mass is 9.95. The summed E-state index contributed by atoms with van der Waals surface area (Å²) in [5.74, 6) is -0.386. The topological polar surface area (TPSA) is 55.1 Å². The molecule has 0 heterocycles. The van der Waals surface area contributed by atoms with Crippen LogP contribution in [0.2, 0.25) is 0 Å². The molecule has 0 saturated heterocycles. The van der Waals surface area contributed by atoms with E-state index in [0.717, 1.165) is 18.4 Å². The van der Waals surface area contributed by atoms with Gasteiger partial charge in [0.2, 0.25) is 5.91 Å². The molecule has 4 heteroatoms. The standard InChI is InChI=1S/C17H17FN2O/c18-15-7-6-14(10-12(15)11-19)20-16(21)17(8-9-17)13-4-2-1-3-5-13/h1-7,10H,8-9,11,19H2,(H,20,21). The summed E-state index contributed by atoms with van der Waals surface area (Å²) >= 11 is 0. The quantitative estimate of drug-likeness (QED) is 0.907. The minimum absolute atomic E-state index is 0.0386. The molecule has 3 N–H and O–H groups in total. The number of rotatable bonds is 4. The second kappa shape index (κ2) is 5.30. The number of benzene rings is 2. The Morgan fingerprint density at radius 1 is 1.19 bits per heavy atom. The van der Waals surface area contributed by atoms with Crippen LogP contribution in [0.3, 0.4) is 0 Å². The number of nitrogens with two attached hydrogens (primary N) is 1. The molecule has 2 aromatic carbocycles. The molecule has 0 bridgehead atoms. The molecular weight excluding hydrogens is 267 g/mol. The van der Waals surface area contributed by atoms with Crippen molar-refractivity contribution in [3.8, 4) is 0 Å². The van der Waals surface area contributed by atoms with Gasteiger partial charge in [-0.1, -0.05) is 30.3 Å². The van der Waals surface area contributed by atoms with Crippen molar-refractivity contribution in [3.63, 3.8) is 0 Å². The number of hydrogen-bond donors (Lipinski definition) is 2. The third kappa shape index (κ3) is 2.54. The van der Waals surface area contributed by atoms with Crippen LogP contribution in [0.5, 0.6) is 0 Å². The average Bonchev–Trinajstić information content (AvgIpc) is 3.32. The zero-order valence-electron chi connectivity index (χ0n) is 11.6. The highest BCUT2D eigenvalue weighted by atomic mass is 19.1. The predicted molar refractivity (Wildman–Crippen MR) is 80.3 cm³/mol. The highest BCUT2D eigenvalue weighted by Gasteiger charge is 2.51. The third-order valence-corrected chi connectivity index (χ3v) is 4.03. The SMILES string of the molecule is NCc1cc(NC(=O)C2(c3ccccc3)CC2)ccc1F. The van der Waals surface area contributed by atoms with E-state index in [1.807, 2.05) is 30.3 Å². The van der Waals surface area contributed by atoms with E-state index in [4.69, 9.17) is 5.73 Å². The predicted octanol–water partition coefficient (Wildman–Crippen LogP) is 2.95. The minimum Gasteiger partial charge on any atom is -0.326 e. The van der Waals surface area contributed by atoms with Crippen LogP contribution in [0.1, 0.15) is 24.0 Å². The number of hydrogen-bond acceptors (Lipinski definition) is 2. The van der Waals surface area contributed by atoms with Gasteiger partial charge in [-0.2, -0.15) is 0 Å². The van der Waals surface area contributed by atoms with E-state index in [1.54, 1.807) is 12.1 Å². The lowest BCUT2D eigenvalue weighted by Crippen LogP contribution is -2.27. The van der Waals surface area contributed by atoms with E-state index >= 15 is 0 Å². The summed E-state index contributed by atoms with van der Waals surface area (Å²) in [6.45, 7) is 0.110. The molecule has 0 radical (unpaired) electrons. The molecule has 3 nitrogen and oxygen atoms in total. The van der Waals surface area contributed by atoms with Gasteiger partial charge in [0.1, 0.15) is 5.82 Å². The Bertz CT molecular complexity index is 666. The Labute approximate surface area is 123 Å². The second-order valence-electron chi connectivity index (χ2n) is 5.41. The summed E-state index contributed by atoms with van der Waals surface area (Å²) < 4.78 is 13.4. The monoisotopic (exact) mass is 284 g/mol. The van der Waals surface area contributed by atoms with Crippen molar-refractivity contribution in [1.29, 1.82) is 0 Å². The van der Waals surface area contributed by atoms with Gasteiger partial charge in [-0.25, -0.2) is 4.39 Å². The van der Waals surface area contributed by atoms with Gasteiger partial charge in [0.25, 0.3) is 0 Å². The number of amides is 1. The Kier molecular flexibility index (Phi) is 3.47. The van der Waals surface area contributed by atoms with Gasteiger partial charge in [0.15, 0.2) is 0 Å². The summed E-state index contributed by atoms with van der Waals surface area (Å²) in [5, 5.41) is 2.88. The Morgan fingerprint density at radius 2 is 1.90 bits per heavy atom. The Morgan fingerprint density at radius 3 is 2.52 bits per heavy atom. The van der Waals surface area contributed by atoms with Crippen molar-refractivity contribution in [2.24, 2.45) is 5.73 Å². The fourth-order valence-corrected chi connectivity index (χ4v) is 2.59. The molecule has 0 atom stereocenters. The molecule has 1 fully saturated rings. The molecular formula is C17H17FN2O. The van der Waals surface area contributed by atoms with Crippen molar-refractivity contribution in [3.05, 3.63) is 65.5 Å². The smallest absolute Gasteiger partial charge is 0.235 e. The van der Waals surface area contributed by atoms with Crippen molar-refractivity contribution in [2.45, 2.75) is 24.8 Å². The number of halogens is 1. The van der Waals surface area contributed by atoms with Crippen molar-refractivity contribution in [1.82, 2.24) is 0 Å². The first-order chi connectivity index (χ1) is 10.2. The van der Waals surface area contributed by atoms with E-state index in [0.29, 0.717) is 11.3 Å². The van der Waals surface area contributed by atoms with Crippen LogP contribution in [-0.2, 0) is 16.8 Å². The van der Waals surface area contributed by atoms with Gasteiger partial charge in [-0.05, 0) is 36.6 Å². The average molecular weight is 284 g/mol. The van der Waals surface area contributed by atoms with Crippen molar-refractivity contribution in [2.75, 3.05) is 5.32 Å². The van der Waals surface area contributed by atoms with E-state index in [1.165, 1.54) is 6.07 Å². The largest absolute Gasteiger partial charge is 0.326 e. The van der Waals surface area contributed by atoms with Gasteiger partial charge in [-0.3, -0.25) is 4.79 Å². The number of anilines is 1. The first-order valence-corrected chi connectivity index (χ1v) is 7.01. The molecule has 1 aliphatic rings. The maximum Gasteiger partial charge on any atom is 0.235 e. The van der Waals surface area contributed by atoms with Crippen LogP contribution < -0.4 is 11.1 Å². The molecule has 1 aliphatic carbocycles. The molecule has 1 saturated carbocycles. The van der Waals surface area contributed by atoms with Gasteiger partial charge >= 0.3 is 0 Å². The van der Waals surface area contributed by atoms with Crippen LogP contribution in [0.25, 0.3) is 0 Å². The first kappa shape index (κ1) is 13.8. The Hall–Kier alpha value is -2.20. The van der Waals surface area contributed by atoms with Crippen LogP contribution in [0.15, 0.2) is 48.5 Å². The maximum absolute atomic E-state index is 13.4. The first-order valence-electron chi connectivity index (χ1n) is 7.01. The number of carbonyl (C=O) groups is 1. The molecule has 0 aromatic heterocycles. The van der Waals surface area contributed by atoms with Gasteiger partial charge < -0.3 is 11.1 Å². The van der Waals surface area contributed by atoms with Gasteiger partial charge in [-0.15, -0.1) is 0 Å². The van der Waals surface area contributed by atoms with Gasteiger partial charge in [0, 0.05) is 17.8 Å². The second-order valence-corrected chi connectivity index (χ2v) is 5.41. The van der Waals surface area contributed by atoms with Crippen LogP contribution >= 0.6 is 0 Å². The normalized spacial score (nSPS) is 15.5. The molecule has 3 rings (SSSR count). The fraction of sp³-hybridized carbons (Fsp3) is 0.235. The van der Waals surface area contributed by atoms with Crippen molar-refractivity contribution >= 4 is 11.6 Å². The molecule has 108 valence electrons. The maximum atomic E-state index is 13.4. The number of carbonyl (C=O) groups excluding carboxylic acids is 1. The molecule has 1 amide bonds. The van der Waals surface area contributed by atoms with Crippen LogP contribution in [0.4, 0.5) is 10.1 Å². The molecule has 0 aliphatic heterocycles. The summed E-state index contributed by atoms with van der Waals surface area (Å²) in [6.07, 6.45) is 1.68. The van der Waals surface area contributed by atoms with Gasteiger partial charge in [0.05, 0.1) is 5.41 Å². The van der Waals surface area contributed by atoms with E-state index in [-0.39, 0.29) is 18.3 Å². The highest BCUT2D eigenvalue weighted by Crippen LogP contribution is 2.48. The summed E-state index contributed by atoms with van der Waals surface area (Å²) in [6, 6.07) is 14.2.